The molecule has 0 spiro atoms. The van der Waals surface area contributed by atoms with Gasteiger partial charge in [-0.05, 0) is 0 Å². The van der Waals surface area contributed by atoms with Crippen LogP contribution in [0, 0.1) is 0 Å². The Morgan fingerprint density at radius 3 is 2.71 bits per heavy atom. The Hall–Kier alpha value is -2.37. The van der Waals surface area contributed by atoms with Gasteiger partial charge in [-0.3, -0.25) is 0 Å². The number of phenolic OH excluding ortho intramolecular Hbond substituents is 1. The van der Waals surface area contributed by atoms with Crippen molar-refractivity contribution in [2.24, 2.45) is 0 Å². The van der Waals surface area contributed by atoms with E-state index in [2.05, 4.69) is 0 Å². The second kappa shape index (κ2) is 3.89. The van der Waals surface area contributed by atoms with E-state index in [0.717, 1.165) is 6.26 Å². The quantitative estimate of drug-likeness (QED) is 0.791. The summed E-state index contributed by atoms with van der Waals surface area (Å²) in [5, 5.41) is 19.2. The maximum absolute atomic E-state index is 11.4. The molecule has 6 heteroatoms. The number of fused-ring (bicyclic) bond motifs is 1. The van der Waals surface area contributed by atoms with Gasteiger partial charge < -0.3 is 24.3 Å². The van der Waals surface area contributed by atoms with E-state index < -0.39 is 6.09 Å². The number of ether oxygens (including phenoxy) is 1. The van der Waals surface area contributed by atoms with Gasteiger partial charge in [-0.2, -0.15) is 0 Å². The minimum atomic E-state index is -0.613. The zero-order valence-corrected chi connectivity index (χ0v) is 9.30. The van der Waals surface area contributed by atoms with Gasteiger partial charge in [-0.1, -0.05) is 0 Å². The smallest absolute Gasteiger partial charge is 0.414 e. The monoisotopic (exact) mass is 237 g/mol. The van der Waals surface area contributed by atoms with Crippen LogP contribution in [0.1, 0.15) is 0 Å². The SMILES string of the molecule is CN(C)C(=O)Oc1cc(O)cc2occ(O)c12. The van der Waals surface area contributed by atoms with E-state index in [4.69, 9.17) is 9.15 Å². The predicted octanol–water partition coefficient (Wildman–Crippen LogP) is 1.90. The topological polar surface area (TPSA) is 83.1 Å². The molecule has 0 aliphatic heterocycles. The molecule has 2 aromatic rings. The van der Waals surface area contributed by atoms with E-state index >= 15 is 0 Å². The summed E-state index contributed by atoms with van der Waals surface area (Å²) >= 11 is 0. The second-order valence-corrected chi connectivity index (χ2v) is 3.70. The third-order valence-electron chi connectivity index (χ3n) is 2.17. The summed E-state index contributed by atoms with van der Waals surface area (Å²) in [6.45, 7) is 0. The molecule has 90 valence electrons. The molecule has 0 unspecified atom stereocenters. The predicted molar refractivity (Wildman–Crippen MR) is 59.3 cm³/mol. The van der Waals surface area contributed by atoms with Gasteiger partial charge in [-0.25, -0.2) is 4.79 Å². The van der Waals surface area contributed by atoms with Crippen molar-refractivity contribution in [3.05, 3.63) is 18.4 Å². The van der Waals surface area contributed by atoms with Gasteiger partial charge in [0.05, 0.1) is 0 Å². The molecule has 0 atom stereocenters. The number of aromatic hydroxyl groups is 2. The van der Waals surface area contributed by atoms with Gasteiger partial charge in [0.1, 0.15) is 23.0 Å². The van der Waals surface area contributed by atoms with Crippen LogP contribution in [0.3, 0.4) is 0 Å². The Balaban J connectivity index is 2.51. The van der Waals surface area contributed by atoms with Crippen molar-refractivity contribution in [3.8, 4) is 17.2 Å². The lowest BCUT2D eigenvalue weighted by atomic mass is 10.2. The van der Waals surface area contributed by atoms with Gasteiger partial charge in [0.15, 0.2) is 11.5 Å². The summed E-state index contributed by atoms with van der Waals surface area (Å²) in [7, 11) is 3.05. The lowest BCUT2D eigenvalue weighted by Crippen LogP contribution is -2.25. The van der Waals surface area contributed by atoms with Gasteiger partial charge in [0, 0.05) is 26.2 Å². The highest BCUT2D eigenvalue weighted by atomic mass is 16.6. The zero-order valence-electron chi connectivity index (χ0n) is 9.30. The molecule has 1 heterocycles. The largest absolute Gasteiger partial charge is 0.508 e. The number of rotatable bonds is 1. The van der Waals surface area contributed by atoms with E-state index in [1.165, 1.54) is 31.1 Å². The normalized spacial score (nSPS) is 10.5. The number of hydrogen-bond acceptors (Lipinski definition) is 5. The minimum absolute atomic E-state index is 0.0463. The van der Waals surface area contributed by atoms with Crippen LogP contribution in [0.25, 0.3) is 11.0 Å². The van der Waals surface area contributed by atoms with Crippen LogP contribution in [0.2, 0.25) is 0 Å². The van der Waals surface area contributed by atoms with Crippen LogP contribution >= 0.6 is 0 Å². The van der Waals surface area contributed by atoms with Crippen LogP contribution in [0.4, 0.5) is 4.79 Å². The third kappa shape index (κ3) is 1.96. The van der Waals surface area contributed by atoms with Crippen molar-refractivity contribution in [3.63, 3.8) is 0 Å². The lowest BCUT2D eigenvalue weighted by molar-refractivity contribution is 0.172. The molecule has 2 N–H and O–H groups in total. The van der Waals surface area contributed by atoms with Crippen LogP contribution < -0.4 is 4.74 Å². The van der Waals surface area contributed by atoms with Crippen molar-refractivity contribution in [1.82, 2.24) is 4.90 Å². The van der Waals surface area contributed by atoms with Crippen LogP contribution in [0.15, 0.2) is 22.8 Å². The van der Waals surface area contributed by atoms with Crippen molar-refractivity contribution >= 4 is 17.1 Å². The van der Waals surface area contributed by atoms with E-state index in [1.54, 1.807) is 0 Å². The van der Waals surface area contributed by atoms with Gasteiger partial charge >= 0.3 is 6.09 Å². The van der Waals surface area contributed by atoms with Crippen LogP contribution in [0.5, 0.6) is 17.2 Å². The molecule has 0 radical (unpaired) electrons. The summed E-state index contributed by atoms with van der Waals surface area (Å²) in [4.78, 5) is 12.6. The van der Waals surface area contributed by atoms with Crippen LogP contribution in [-0.2, 0) is 0 Å². The molecule has 0 bridgehead atoms. The fraction of sp³-hybridized carbons (Fsp3) is 0.182. The van der Waals surface area contributed by atoms with Crippen molar-refractivity contribution in [2.75, 3.05) is 14.1 Å². The molecule has 17 heavy (non-hydrogen) atoms. The number of amides is 1. The van der Waals surface area contributed by atoms with Gasteiger partial charge in [0.2, 0.25) is 0 Å². The molecular weight excluding hydrogens is 226 g/mol. The summed E-state index contributed by atoms with van der Waals surface area (Å²) in [6, 6.07) is 2.56. The first-order chi connectivity index (χ1) is 7.99. The summed E-state index contributed by atoms with van der Waals surface area (Å²) in [5.41, 5.74) is 0.240. The molecule has 6 nitrogen and oxygen atoms in total. The number of nitrogens with zero attached hydrogens (tertiary/aromatic N) is 1. The average molecular weight is 237 g/mol. The number of furan rings is 1. The van der Waals surface area contributed by atoms with Crippen molar-refractivity contribution in [2.45, 2.75) is 0 Å². The average Bonchev–Trinajstić information content (AvgIpc) is 2.59. The maximum atomic E-state index is 11.4. The minimum Gasteiger partial charge on any atom is -0.508 e. The Kier molecular flexibility index (Phi) is 2.55. The molecule has 1 amide bonds. The van der Waals surface area contributed by atoms with E-state index in [1.807, 2.05) is 0 Å². The Bertz CT molecular complexity index is 572. The van der Waals surface area contributed by atoms with Crippen molar-refractivity contribution < 1.29 is 24.2 Å². The fourth-order valence-electron chi connectivity index (χ4n) is 1.37. The summed E-state index contributed by atoms with van der Waals surface area (Å²) < 4.78 is 10.0. The maximum Gasteiger partial charge on any atom is 0.414 e. The molecule has 2 rings (SSSR count). The summed E-state index contributed by atoms with van der Waals surface area (Å²) in [6.07, 6.45) is 0.495. The highest BCUT2D eigenvalue weighted by Gasteiger charge is 2.16. The first-order valence-electron chi connectivity index (χ1n) is 4.81. The molecule has 1 aromatic carbocycles. The molecule has 0 fully saturated rings. The third-order valence-corrected chi connectivity index (χ3v) is 2.17. The highest BCUT2D eigenvalue weighted by molar-refractivity contribution is 5.92. The molecular formula is C11H11NO5. The first kappa shape index (κ1) is 11.1. The van der Waals surface area contributed by atoms with Gasteiger partial charge in [0.25, 0.3) is 0 Å². The number of carbonyl (C=O) groups excluding carboxylic acids is 1. The summed E-state index contributed by atoms with van der Waals surface area (Å²) in [5.74, 6) is -0.222. The number of hydrogen-bond donors (Lipinski definition) is 2. The number of benzene rings is 1. The standard InChI is InChI=1S/C11H11NO5/c1-12(2)11(15)17-9-4-6(13)3-8-10(9)7(14)5-16-8/h3-5,13-14H,1-2H3. The molecule has 1 aromatic heterocycles. The first-order valence-corrected chi connectivity index (χ1v) is 4.81. The molecule has 0 saturated carbocycles. The number of phenols is 1. The molecule has 0 aliphatic rings. The second-order valence-electron chi connectivity index (χ2n) is 3.70. The number of carbonyl (C=O) groups is 1. The van der Waals surface area contributed by atoms with E-state index in [-0.39, 0.29) is 28.2 Å². The van der Waals surface area contributed by atoms with E-state index in [0.29, 0.717) is 0 Å². The Morgan fingerprint density at radius 1 is 1.35 bits per heavy atom. The Morgan fingerprint density at radius 2 is 2.06 bits per heavy atom. The molecule has 0 aliphatic carbocycles. The van der Waals surface area contributed by atoms with Gasteiger partial charge in [-0.15, -0.1) is 0 Å². The lowest BCUT2D eigenvalue weighted by Gasteiger charge is -2.11. The van der Waals surface area contributed by atoms with Crippen molar-refractivity contribution in [1.29, 1.82) is 0 Å². The molecule has 0 saturated heterocycles. The Labute approximate surface area is 96.6 Å². The van der Waals surface area contributed by atoms with Crippen LogP contribution in [-0.4, -0.2) is 35.3 Å². The highest BCUT2D eigenvalue weighted by Crippen LogP contribution is 2.38. The zero-order chi connectivity index (χ0) is 12.6. The van der Waals surface area contributed by atoms with E-state index in [9.17, 15) is 15.0 Å². The fourth-order valence-corrected chi connectivity index (χ4v) is 1.37.